The van der Waals surface area contributed by atoms with E-state index in [0.717, 1.165) is 0 Å². The lowest BCUT2D eigenvalue weighted by atomic mass is 10.1. The summed E-state index contributed by atoms with van der Waals surface area (Å²) in [4.78, 5) is 16.0. The first-order chi connectivity index (χ1) is 10.4. The molecule has 1 aromatic rings. The number of carbonyl (C=O) groups is 1. The minimum Gasteiger partial charge on any atom is -0.398 e. The number of benzene rings is 1. The van der Waals surface area contributed by atoms with Crippen molar-refractivity contribution in [1.29, 1.82) is 0 Å². The van der Waals surface area contributed by atoms with Gasteiger partial charge in [-0.1, -0.05) is 6.07 Å². The summed E-state index contributed by atoms with van der Waals surface area (Å²) in [6.07, 6.45) is 0. The first kappa shape index (κ1) is 17.2. The van der Waals surface area contributed by atoms with Crippen LogP contribution in [0.25, 0.3) is 20.9 Å². The Hall–Kier alpha value is -2.82. The van der Waals surface area contributed by atoms with Gasteiger partial charge in [0.05, 0.1) is 4.52 Å². The number of anilines is 1. The van der Waals surface area contributed by atoms with E-state index in [4.69, 9.17) is 16.8 Å². The van der Waals surface area contributed by atoms with Crippen LogP contribution in [0, 0.1) is 0 Å². The molecule has 0 aliphatic rings. The molecule has 0 aromatic heterocycles. The molecule has 0 aliphatic heterocycles. The maximum atomic E-state index is 11.5. The predicted octanol–water partition coefficient (Wildman–Crippen LogP) is 1.34. The average molecular weight is 326 g/mol. The summed E-state index contributed by atoms with van der Waals surface area (Å²) in [5.41, 5.74) is 22.5. The second-order valence-corrected chi connectivity index (χ2v) is 4.96. The molecule has 0 radical (unpaired) electrons. The van der Waals surface area contributed by atoms with E-state index in [2.05, 4.69) is 29.0 Å². The van der Waals surface area contributed by atoms with Gasteiger partial charge in [0, 0.05) is 27.6 Å². The third-order valence-corrected chi connectivity index (χ3v) is 2.95. The van der Waals surface area contributed by atoms with Crippen LogP contribution < -0.4 is 11.1 Å². The lowest BCUT2D eigenvalue weighted by Gasteiger charge is -2.07. The molecule has 0 saturated carbocycles. The third kappa shape index (κ3) is 5.28. The molecule has 3 N–H and O–H groups in total. The van der Waals surface area contributed by atoms with E-state index >= 15 is 0 Å². The maximum absolute atomic E-state index is 11.5. The number of nitrogens with two attached hydrogens (primary N) is 1. The summed E-state index contributed by atoms with van der Waals surface area (Å²) in [5, 5.41) is 5.53. The number of amides is 1. The molecule has 0 fully saturated rings. The molecule has 1 aromatic carbocycles. The summed E-state index contributed by atoms with van der Waals surface area (Å²) < 4.78 is 28.6. The van der Waals surface area contributed by atoms with Crippen molar-refractivity contribution in [1.82, 2.24) is 5.32 Å². The van der Waals surface area contributed by atoms with Crippen molar-refractivity contribution in [3.63, 3.8) is 0 Å². The van der Waals surface area contributed by atoms with Crippen molar-refractivity contribution in [2.24, 2.45) is 9.63 Å². The average Bonchev–Trinajstić information content (AvgIpc) is 2.45. The van der Waals surface area contributed by atoms with Gasteiger partial charge in [-0.3, -0.25) is 10.1 Å². The number of nitrogens with one attached hydrogen (secondary N) is 1. The zero-order chi connectivity index (χ0) is 16.6. The van der Waals surface area contributed by atoms with Gasteiger partial charge in [0.15, 0.2) is 0 Å². The number of hydrogen-bond acceptors (Lipinski definition) is 6. The number of carbonyl (C=O) groups excluding carboxylic acids is 1. The third-order valence-electron chi connectivity index (χ3n) is 2.26. The largest absolute Gasteiger partial charge is 0.398 e. The molecule has 12 nitrogen and oxygen atoms in total. The Balaban J connectivity index is 2.68. The van der Waals surface area contributed by atoms with Gasteiger partial charge in [0.25, 0.3) is 5.91 Å². The van der Waals surface area contributed by atoms with Gasteiger partial charge in [-0.05, 0) is 33.9 Å². The van der Waals surface area contributed by atoms with E-state index in [-0.39, 0.29) is 17.8 Å². The predicted molar refractivity (Wildman–Crippen MR) is 75.2 cm³/mol. The monoisotopic (exact) mass is 326 g/mol. The Morgan fingerprint density at radius 1 is 1.36 bits per heavy atom. The first-order valence-corrected chi connectivity index (χ1v) is 6.90. The molecule has 0 heterocycles. The van der Waals surface area contributed by atoms with Gasteiger partial charge >= 0.3 is 10.3 Å². The lowest BCUT2D eigenvalue weighted by molar-refractivity contribution is 0.100. The van der Waals surface area contributed by atoms with Gasteiger partial charge in [0.2, 0.25) is 0 Å². The van der Waals surface area contributed by atoms with Gasteiger partial charge in [-0.2, -0.15) is 8.42 Å². The van der Waals surface area contributed by atoms with Gasteiger partial charge in [0.1, 0.15) is 6.73 Å². The molecule has 0 saturated heterocycles. The Morgan fingerprint density at radius 3 is 2.73 bits per heavy atom. The zero-order valence-corrected chi connectivity index (χ0v) is 11.8. The summed E-state index contributed by atoms with van der Waals surface area (Å²) in [5.74, 6) is -0.830. The van der Waals surface area contributed by atoms with Crippen molar-refractivity contribution in [2.75, 3.05) is 12.5 Å². The summed E-state index contributed by atoms with van der Waals surface area (Å²) in [6.45, 7) is -0.312. The van der Waals surface area contributed by atoms with Crippen LogP contribution in [0.4, 0.5) is 5.69 Å². The van der Waals surface area contributed by atoms with E-state index in [1.807, 2.05) is 0 Å². The van der Waals surface area contributed by atoms with Crippen LogP contribution in [0.2, 0.25) is 0 Å². The number of azide groups is 2. The fourth-order valence-corrected chi connectivity index (χ4v) is 1.74. The van der Waals surface area contributed by atoms with E-state index in [1.54, 1.807) is 6.07 Å². The maximum Gasteiger partial charge on any atom is 0.359 e. The molecular formula is C9H10N8O4S. The summed E-state index contributed by atoms with van der Waals surface area (Å²) >= 11 is 0. The minimum absolute atomic E-state index is 0.0275. The van der Waals surface area contributed by atoms with Crippen LogP contribution in [-0.4, -0.2) is 21.1 Å². The van der Waals surface area contributed by atoms with E-state index in [9.17, 15) is 13.2 Å². The van der Waals surface area contributed by atoms with Crippen molar-refractivity contribution >= 4 is 21.9 Å². The highest BCUT2D eigenvalue weighted by molar-refractivity contribution is 7.85. The number of rotatable bonds is 7. The zero-order valence-electron chi connectivity index (χ0n) is 10.9. The molecule has 0 spiro atoms. The first-order valence-electron chi connectivity index (χ1n) is 5.54. The highest BCUT2D eigenvalue weighted by Gasteiger charge is 2.10. The van der Waals surface area contributed by atoms with E-state index in [1.165, 1.54) is 12.1 Å². The molecule has 13 heteroatoms. The van der Waals surface area contributed by atoms with Crippen LogP contribution in [0.3, 0.4) is 0 Å². The summed E-state index contributed by atoms with van der Waals surface area (Å²) in [7, 11) is -4.31. The van der Waals surface area contributed by atoms with Gasteiger partial charge in [-0.15, -0.1) is 0 Å². The Bertz CT molecular complexity index is 764. The quantitative estimate of drug-likeness (QED) is 0.189. The molecular weight excluding hydrogens is 316 g/mol. The fraction of sp³-hybridized carbons (Fsp3) is 0.222. The SMILES string of the molecule is [N-]=[N+]=NC(=O)c1cc(CNCOS(=O)(=O)N=[N+]=[N-])ccc1N. The van der Waals surface area contributed by atoms with Crippen LogP contribution in [-0.2, 0) is 21.0 Å². The smallest absolute Gasteiger partial charge is 0.359 e. The van der Waals surface area contributed by atoms with E-state index in [0.29, 0.717) is 5.56 Å². The highest BCUT2D eigenvalue weighted by atomic mass is 32.2. The number of hydrogen-bond donors (Lipinski definition) is 2. The number of nitrogens with zero attached hydrogens (tertiary/aromatic N) is 6. The van der Waals surface area contributed by atoms with Crippen molar-refractivity contribution in [2.45, 2.75) is 6.54 Å². The van der Waals surface area contributed by atoms with E-state index < -0.39 is 22.9 Å². The second-order valence-electron chi connectivity index (χ2n) is 3.70. The van der Waals surface area contributed by atoms with Gasteiger partial charge in [-0.25, -0.2) is 4.18 Å². The molecule has 0 unspecified atom stereocenters. The number of nitrogen functional groups attached to an aromatic ring is 1. The molecule has 1 amide bonds. The van der Waals surface area contributed by atoms with Gasteiger partial charge < -0.3 is 5.73 Å². The Labute approximate surface area is 124 Å². The molecule has 1 rings (SSSR count). The Morgan fingerprint density at radius 2 is 2.09 bits per heavy atom. The normalized spacial score (nSPS) is 10.4. The minimum atomic E-state index is -4.31. The Kier molecular flexibility index (Phi) is 6.13. The molecule has 0 bridgehead atoms. The van der Waals surface area contributed by atoms with Crippen molar-refractivity contribution in [3.05, 3.63) is 50.2 Å². The van der Waals surface area contributed by atoms with Crippen LogP contribution >= 0.6 is 0 Å². The summed E-state index contributed by atoms with van der Waals surface area (Å²) in [6, 6.07) is 4.41. The van der Waals surface area contributed by atoms with Crippen LogP contribution in [0.1, 0.15) is 15.9 Å². The molecule has 116 valence electrons. The molecule has 0 atom stereocenters. The lowest BCUT2D eigenvalue weighted by Crippen LogP contribution is -2.19. The van der Waals surface area contributed by atoms with Crippen LogP contribution in [0.15, 0.2) is 27.8 Å². The molecule has 0 aliphatic carbocycles. The highest BCUT2D eigenvalue weighted by Crippen LogP contribution is 2.15. The topological polar surface area (TPSA) is 196 Å². The van der Waals surface area contributed by atoms with Crippen LogP contribution in [0.5, 0.6) is 0 Å². The van der Waals surface area contributed by atoms with Crippen molar-refractivity contribution < 1.29 is 17.4 Å². The second kappa shape index (κ2) is 7.83. The molecule has 22 heavy (non-hydrogen) atoms. The standard InChI is InChI=1S/C9H10N8O4S/c10-8-2-1-6(3-7(8)9(18)14-15-11)4-13-5-21-22(19,20)17-16-12/h1-3,13H,4-5,10H2. The fourth-order valence-electron chi connectivity index (χ4n) is 1.37. The van der Waals surface area contributed by atoms with Crippen molar-refractivity contribution in [3.8, 4) is 0 Å².